The normalized spacial score (nSPS) is 23.0. The standard InChI is InChI=1S/C18H20N2O/c1-12-8-9-15-14(11-12)19-18(16-6-4-10-20(15)16)13-5-2-3-7-17(13)21/h4,6,8-11,13,17,21H,2-3,5,7H2,1H3/t13-,17-/m1/s1. The second kappa shape index (κ2) is 4.85. The van der Waals surface area contributed by atoms with Gasteiger partial charge in [-0.2, -0.15) is 0 Å². The Morgan fingerprint density at radius 3 is 2.86 bits per heavy atom. The minimum atomic E-state index is -0.257. The van der Waals surface area contributed by atoms with E-state index in [2.05, 4.69) is 47.9 Å². The van der Waals surface area contributed by atoms with Crippen molar-refractivity contribution in [3.63, 3.8) is 0 Å². The number of aliphatic hydroxyl groups excluding tert-OH is 1. The molecular weight excluding hydrogens is 260 g/mol. The SMILES string of the molecule is Cc1ccc2c(c1)nc([C@@H]1CCCC[C@H]1O)c1cccn12. The molecule has 4 rings (SSSR count). The summed E-state index contributed by atoms with van der Waals surface area (Å²) in [4.78, 5) is 4.93. The van der Waals surface area contributed by atoms with Gasteiger partial charge in [0.05, 0.1) is 28.3 Å². The molecule has 108 valence electrons. The van der Waals surface area contributed by atoms with Crippen LogP contribution in [0.25, 0.3) is 16.6 Å². The second-order valence-electron chi connectivity index (χ2n) is 6.21. The molecule has 2 atom stereocenters. The highest BCUT2D eigenvalue weighted by Gasteiger charge is 2.28. The Balaban J connectivity index is 1.99. The predicted molar refractivity (Wildman–Crippen MR) is 84.7 cm³/mol. The van der Waals surface area contributed by atoms with Crippen molar-refractivity contribution in [2.24, 2.45) is 0 Å². The molecule has 0 radical (unpaired) electrons. The second-order valence-corrected chi connectivity index (χ2v) is 6.21. The van der Waals surface area contributed by atoms with E-state index in [9.17, 15) is 5.11 Å². The zero-order valence-electron chi connectivity index (χ0n) is 12.3. The van der Waals surface area contributed by atoms with Gasteiger partial charge in [-0.25, -0.2) is 4.98 Å². The van der Waals surface area contributed by atoms with Crippen LogP contribution in [-0.4, -0.2) is 20.6 Å². The van der Waals surface area contributed by atoms with Gasteiger partial charge in [0, 0.05) is 12.1 Å². The largest absolute Gasteiger partial charge is 0.392 e. The van der Waals surface area contributed by atoms with Crippen molar-refractivity contribution in [1.29, 1.82) is 0 Å². The van der Waals surface area contributed by atoms with E-state index in [1.54, 1.807) is 0 Å². The van der Waals surface area contributed by atoms with Crippen molar-refractivity contribution in [2.45, 2.75) is 44.6 Å². The minimum Gasteiger partial charge on any atom is -0.392 e. The lowest BCUT2D eigenvalue weighted by atomic mass is 9.84. The first-order chi connectivity index (χ1) is 10.2. The van der Waals surface area contributed by atoms with Gasteiger partial charge >= 0.3 is 0 Å². The van der Waals surface area contributed by atoms with Gasteiger partial charge in [-0.15, -0.1) is 0 Å². The molecule has 3 nitrogen and oxygen atoms in total. The molecule has 1 N–H and O–H groups in total. The van der Waals surface area contributed by atoms with Crippen LogP contribution >= 0.6 is 0 Å². The Hall–Kier alpha value is -1.87. The molecule has 2 aromatic heterocycles. The van der Waals surface area contributed by atoms with E-state index in [4.69, 9.17) is 4.98 Å². The van der Waals surface area contributed by atoms with E-state index in [-0.39, 0.29) is 12.0 Å². The Labute approximate surface area is 124 Å². The third-order valence-corrected chi connectivity index (χ3v) is 4.72. The van der Waals surface area contributed by atoms with Crippen molar-refractivity contribution in [3.05, 3.63) is 47.8 Å². The number of aromatic nitrogens is 2. The third-order valence-electron chi connectivity index (χ3n) is 4.72. The van der Waals surface area contributed by atoms with E-state index < -0.39 is 0 Å². The molecule has 1 aliphatic carbocycles. The summed E-state index contributed by atoms with van der Waals surface area (Å²) in [5.74, 6) is 0.168. The number of fused-ring (bicyclic) bond motifs is 3. The lowest BCUT2D eigenvalue weighted by Crippen LogP contribution is -2.24. The highest BCUT2D eigenvalue weighted by Crippen LogP contribution is 2.35. The van der Waals surface area contributed by atoms with Crippen LogP contribution in [0.4, 0.5) is 0 Å². The molecule has 0 amide bonds. The molecule has 0 spiro atoms. The average molecular weight is 280 g/mol. The highest BCUT2D eigenvalue weighted by atomic mass is 16.3. The fourth-order valence-corrected chi connectivity index (χ4v) is 3.62. The molecule has 0 unspecified atom stereocenters. The zero-order chi connectivity index (χ0) is 14.4. The van der Waals surface area contributed by atoms with E-state index in [0.717, 1.165) is 41.5 Å². The molecular formula is C18H20N2O. The number of benzene rings is 1. The van der Waals surface area contributed by atoms with Crippen LogP contribution < -0.4 is 0 Å². The molecule has 3 aromatic rings. The van der Waals surface area contributed by atoms with Gasteiger partial charge in [-0.1, -0.05) is 18.9 Å². The van der Waals surface area contributed by atoms with Crippen LogP contribution in [0.15, 0.2) is 36.5 Å². The maximum absolute atomic E-state index is 10.4. The molecule has 21 heavy (non-hydrogen) atoms. The van der Waals surface area contributed by atoms with Crippen LogP contribution in [-0.2, 0) is 0 Å². The molecule has 2 heterocycles. The molecule has 1 aromatic carbocycles. The van der Waals surface area contributed by atoms with Crippen LogP contribution in [0.1, 0.15) is 42.9 Å². The lowest BCUT2D eigenvalue weighted by molar-refractivity contribution is 0.105. The first-order valence-corrected chi connectivity index (χ1v) is 7.79. The Morgan fingerprint density at radius 2 is 2.00 bits per heavy atom. The molecule has 1 saturated carbocycles. The Morgan fingerprint density at radius 1 is 1.14 bits per heavy atom. The van der Waals surface area contributed by atoms with Crippen molar-refractivity contribution in [2.75, 3.05) is 0 Å². The number of nitrogens with zero attached hydrogens (tertiary/aromatic N) is 2. The van der Waals surface area contributed by atoms with Gasteiger partial charge in [0.25, 0.3) is 0 Å². The van der Waals surface area contributed by atoms with E-state index in [1.165, 1.54) is 12.0 Å². The lowest BCUT2D eigenvalue weighted by Gasteiger charge is -2.28. The third kappa shape index (κ3) is 2.04. The summed E-state index contributed by atoms with van der Waals surface area (Å²) < 4.78 is 2.21. The van der Waals surface area contributed by atoms with Crippen molar-refractivity contribution in [3.8, 4) is 0 Å². The van der Waals surface area contributed by atoms with Crippen LogP contribution in [0, 0.1) is 6.92 Å². The summed E-state index contributed by atoms with van der Waals surface area (Å²) in [6, 6.07) is 10.6. The molecule has 0 aliphatic heterocycles. The smallest absolute Gasteiger partial charge is 0.0876 e. The van der Waals surface area contributed by atoms with Crippen LogP contribution in [0.2, 0.25) is 0 Å². The summed E-state index contributed by atoms with van der Waals surface area (Å²) in [5, 5.41) is 10.4. The Kier molecular flexibility index (Phi) is 2.96. The van der Waals surface area contributed by atoms with Gasteiger partial charge in [0.2, 0.25) is 0 Å². The maximum atomic E-state index is 10.4. The van der Waals surface area contributed by atoms with Crippen molar-refractivity contribution in [1.82, 2.24) is 9.38 Å². The topological polar surface area (TPSA) is 37.5 Å². The van der Waals surface area contributed by atoms with E-state index in [0.29, 0.717) is 0 Å². The molecule has 0 saturated heterocycles. The number of rotatable bonds is 1. The van der Waals surface area contributed by atoms with Crippen molar-refractivity contribution < 1.29 is 5.11 Å². The van der Waals surface area contributed by atoms with Crippen LogP contribution in [0.3, 0.4) is 0 Å². The summed E-state index contributed by atoms with van der Waals surface area (Å²) in [5.41, 5.74) is 5.57. The van der Waals surface area contributed by atoms with Gasteiger partial charge < -0.3 is 9.51 Å². The molecule has 1 aliphatic rings. The summed E-state index contributed by atoms with van der Waals surface area (Å²) >= 11 is 0. The fraction of sp³-hybridized carbons (Fsp3) is 0.389. The van der Waals surface area contributed by atoms with Crippen molar-refractivity contribution >= 4 is 16.6 Å². The fourth-order valence-electron chi connectivity index (χ4n) is 3.62. The summed E-state index contributed by atoms with van der Waals surface area (Å²) in [6.07, 6.45) is 6.07. The minimum absolute atomic E-state index is 0.168. The van der Waals surface area contributed by atoms with Gasteiger partial charge in [0.1, 0.15) is 0 Å². The first kappa shape index (κ1) is 12.8. The van der Waals surface area contributed by atoms with Gasteiger partial charge in [-0.05, 0) is 49.6 Å². The number of aliphatic hydroxyl groups is 1. The summed E-state index contributed by atoms with van der Waals surface area (Å²) in [7, 11) is 0. The molecule has 1 fully saturated rings. The van der Waals surface area contributed by atoms with Gasteiger partial charge in [0.15, 0.2) is 0 Å². The van der Waals surface area contributed by atoms with E-state index in [1.807, 2.05) is 0 Å². The first-order valence-electron chi connectivity index (χ1n) is 7.79. The zero-order valence-corrected chi connectivity index (χ0v) is 12.3. The predicted octanol–water partition coefficient (Wildman–Crippen LogP) is 3.81. The van der Waals surface area contributed by atoms with E-state index >= 15 is 0 Å². The molecule has 3 heteroatoms. The highest BCUT2D eigenvalue weighted by molar-refractivity contribution is 5.80. The maximum Gasteiger partial charge on any atom is 0.0876 e. The van der Waals surface area contributed by atoms with Gasteiger partial charge in [-0.3, -0.25) is 0 Å². The summed E-state index contributed by atoms with van der Waals surface area (Å²) in [6.45, 7) is 2.09. The number of hydrogen-bond acceptors (Lipinski definition) is 2. The number of aryl methyl sites for hydroxylation is 1. The number of hydrogen-bond donors (Lipinski definition) is 1. The monoisotopic (exact) mass is 280 g/mol. The average Bonchev–Trinajstić information content (AvgIpc) is 2.96. The van der Waals surface area contributed by atoms with Crippen LogP contribution in [0.5, 0.6) is 0 Å². The molecule has 0 bridgehead atoms. The Bertz CT molecular complexity index is 805. The quantitative estimate of drug-likeness (QED) is 0.736.